The van der Waals surface area contributed by atoms with E-state index in [2.05, 4.69) is 51.6 Å². The Hall–Kier alpha value is -1.24. The lowest BCUT2D eigenvalue weighted by molar-refractivity contribution is 0.723. The second-order valence-corrected chi connectivity index (χ2v) is 5.05. The van der Waals surface area contributed by atoms with Gasteiger partial charge in [-0.05, 0) is 31.5 Å². The van der Waals surface area contributed by atoms with Gasteiger partial charge >= 0.3 is 0 Å². The van der Waals surface area contributed by atoms with Crippen LogP contribution in [0.4, 0.5) is 5.69 Å². The Labute approximate surface area is 138 Å². The van der Waals surface area contributed by atoms with Gasteiger partial charge in [0.2, 0.25) is 0 Å². The molecule has 0 atom stereocenters. The summed E-state index contributed by atoms with van der Waals surface area (Å²) < 4.78 is 0. The van der Waals surface area contributed by atoms with Crippen LogP contribution in [0.2, 0.25) is 0 Å². The molecule has 0 saturated carbocycles. The van der Waals surface area contributed by atoms with Crippen LogP contribution in [0.5, 0.6) is 0 Å². The van der Waals surface area contributed by atoms with E-state index in [1.54, 1.807) is 0 Å². The smallest absolute Gasteiger partial charge is 0.189 e. The Morgan fingerprint density at radius 1 is 1.35 bits per heavy atom. The zero-order valence-electron chi connectivity index (χ0n) is 12.0. The van der Waals surface area contributed by atoms with E-state index in [-0.39, 0.29) is 24.0 Å². The Kier molecular flexibility index (Phi) is 6.84. The highest BCUT2D eigenvalue weighted by Gasteiger charge is 2.07. The summed E-state index contributed by atoms with van der Waals surface area (Å²) in [6, 6.07) is 8.78. The predicted octanol–water partition coefficient (Wildman–Crippen LogP) is 2.49. The third kappa shape index (κ3) is 5.03. The second kappa shape index (κ2) is 8.14. The molecule has 1 heterocycles. The van der Waals surface area contributed by atoms with Gasteiger partial charge in [0.25, 0.3) is 0 Å². The van der Waals surface area contributed by atoms with Gasteiger partial charge < -0.3 is 16.0 Å². The molecule has 1 aromatic rings. The van der Waals surface area contributed by atoms with Crippen molar-refractivity contribution in [2.24, 2.45) is 10.7 Å². The van der Waals surface area contributed by atoms with E-state index in [9.17, 15) is 0 Å². The molecule has 5 heteroatoms. The maximum Gasteiger partial charge on any atom is 0.189 e. The molecule has 0 saturated heterocycles. The fourth-order valence-electron chi connectivity index (χ4n) is 2.06. The average Bonchev–Trinajstić information content (AvgIpc) is 2.90. The molecular weight excluding hydrogens is 363 g/mol. The first kappa shape index (κ1) is 16.8. The van der Waals surface area contributed by atoms with Crippen molar-refractivity contribution in [1.29, 1.82) is 0 Å². The van der Waals surface area contributed by atoms with Crippen molar-refractivity contribution >= 4 is 35.6 Å². The quantitative estimate of drug-likeness (QED) is 0.362. The first-order chi connectivity index (χ1) is 9.15. The van der Waals surface area contributed by atoms with Crippen LogP contribution in [-0.4, -0.2) is 25.1 Å². The monoisotopic (exact) mass is 386 g/mol. The second-order valence-electron chi connectivity index (χ2n) is 5.05. The molecule has 0 amide bonds. The maximum absolute atomic E-state index is 5.80. The highest BCUT2D eigenvalue weighted by Crippen LogP contribution is 2.18. The molecule has 0 bridgehead atoms. The van der Waals surface area contributed by atoms with Crippen molar-refractivity contribution in [1.82, 2.24) is 5.32 Å². The molecule has 4 nitrogen and oxygen atoms in total. The summed E-state index contributed by atoms with van der Waals surface area (Å²) in [6.45, 7) is 6.68. The summed E-state index contributed by atoms with van der Waals surface area (Å²) >= 11 is 0. The number of hydrogen-bond donors (Lipinski definition) is 2. The Bertz CT molecular complexity index is 475. The maximum atomic E-state index is 5.80. The van der Waals surface area contributed by atoms with E-state index in [1.807, 2.05) is 13.8 Å². The normalized spacial score (nSPS) is 14.6. The first-order valence-corrected chi connectivity index (χ1v) is 6.70. The SMILES string of the molecule is CC(C)NC(N)=NCc1cccc(N2CC=CC2)c1.I. The van der Waals surface area contributed by atoms with Crippen molar-refractivity contribution in [2.75, 3.05) is 18.0 Å². The summed E-state index contributed by atoms with van der Waals surface area (Å²) in [4.78, 5) is 6.67. The molecule has 0 spiro atoms. The number of nitrogens with zero attached hydrogens (tertiary/aromatic N) is 2. The van der Waals surface area contributed by atoms with Crippen LogP contribution in [0, 0.1) is 0 Å². The molecule has 110 valence electrons. The summed E-state index contributed by atoms with van der Waals surface area (Å²) in [7, 11) is 0. The van der Waals surface area contributed by atoms with Gasteiger partial charge in [0, 0.05) is 24.8 Å². The number of nitrogens with two attached hydrogens (primary N) is 1. The number of anilines is 1. The molecule has 1 aromatic carbocycles. The van der Waals surface area contributed by atoms with Gasteiger partial charge in [0.15, 0.2) is 5.96 Å². The minimum atomic E-state index is 0. The summed E-state index contributed by atoms with van der Waals surface area (Å²) in [6.07, 6.45) is 4.38. The molecule has 0 unspecified atom stereocenters. The number of nitrogens with one attached hydrogen (secondary N) is 1. The van der Waals surface area contributed by atoms with Crippen molar-refractivity contribution in [3.63, 3.8) is 0 Å². The number of rotatable bonds is 4. The fourth-order valence-corrected chi connectivity index (χ4v) is 2.06. The van der Waals surface area contributed by atoms with Crippen molar-refractivity contribution in [3.05, 3.63) is 42.0 Å². The molecular formula is C15H23IN4. The van der Waals surface area contributed by atoms with Crippen LogP contribution < -0.4 is 16.0 Å². The van der Waals surface area contributed by atoms with Gasteiger partial charge in [-0.3, -0.25) is 0 Å². The lowest BCUT2D eigenvalue weighted by atomic mass is 10.2. The van der Waals surface area contributed by atoms with E-state index in [0.29, 0.717) is 18.5 Å². The van der Waals surface area contributed by atoms with Gasteiger partial charge in [-0.1, -0.05) is 24.3 Å². The minimum Gasteiger partial charge on any atom is -0.370 e. The molecule has 0 aromatic heterocycles. The van der Waals surface area contributed by atoms with Gasteiger partial charge in [-0.2, -0.15) is 0 Å². The van der Waals surface area contributed by atoms with Crippen molar-refractivity contribution < 1.29 is 0 Å². The molecule has 20 heavy (non-hydrogen) atoms. The molecule has 0 aliphatic carbocycles. The number of aliphatic imine (C=N–C) groups is 1. The van der Waals surface area contributed by atoms with E-state index in [0.717, 1.165) is 13.1 Å². The zero-order valence-corrected chi connectivity index (χ0v) is 14.4. The summed E-state index contributed by atoms with van der Waals surface area (Å²) in [5.74, 6) is 0.503. The third-order valence-electron chi connectivity index (χ3n) is 2.96. The Morgan fingerprint density at radius 3 is 2.70 bits per heavy atom. The van der Waals surface area contributed by atoms with Crippen molar-refractivity contribution in [2.45, 2.75) is 26.4 Å². The predicted molar refractivity (Wildman–Crippen MR) is 96.8 cm³/mol. The van der Waals surface area contributed by atoms with E-state index >= 15 is 0 Å². The molecule has 1 aliphatic heterocycles. The van der Waals surface area contributed by atoms with Gasteiger partial charge in [-0.25, -0.2) is 4.99 Å². The highest BCUT2D eigenvalue weighted by molar-refractivity contribution is 14.0. The van der Waals surface area contributed by atoms with Crippen LogP contribution in [0.3, 0.4) is 0 Å². The molecule has 0 fully saturated rings. The number of benzene rings is 1. The van der Waals surface area contributed by atoms with Gasteiger partial charge in [-0.15, -0.1) is 24.0 Å². The van der Waals surface area contributed by atoms with E-state index in [4.69, 9.17) is 5.73 Å². The fraction of sp³-hybridized carbons (Fsp3) is 0.400. The van der Waals surface area contributed by atoms with Crippen LogP contribution in [0.1, 0.15) is 19.4 Å². The van der Waals surface area contributed by atoms with E-state index in [1.165, 1.54) is 11.3 Å². The van der Waals surface area contributed by atoms with Crippen molar-refractivity contribution in [3.8, 4) is 0 Å². The largest absolute Gasteiger partial charge is 0.370 e. The molecule has 3 N–H and O–H groups in total. The highest BCUT2D eigenvalue weighted by atomic mass is 127. The summed E-state index contributed by atoms with van der Waals surface area (Å²) in [5.41, 5.74) is 8.22. The van der Waals surface area contributed by atoms with Gasteiger partial charge in [0.05, 0.1) is 6.54 Å². The Morgan fingerprint density at radius 2 is 2.05 bits per heavy atom. The molecule has 0 radical (unpaired) electrons. The molecule has 2 rings (SSSR count). The minimum absolute atomic E-state index is 0. The van der Waals surface area contributed by atoms with Crippen LogP contribution in [0.25, 0.3) is 0 Å². The summed E-state index contributed by atoms with van der Waals surface area (Å²) in [5, 5.41) is 3.09. The Balaban J connectivity index is 0.00000200. The van der Waals surface area contributed by atoms with E-state index < -0.39 is 0 Å². The standard InChI is InChI=1S/C15H22N4.HI/c1-12(2)18-15(16)17-11-13-6-5-7-14(10-13)19-8-3-4-9-19;/h3-7,10,12H,8-9,11H2,1-2H3,(H3,16,17,18);1H. The first-order valence-electron chi connectivity index (χ1n) is 6.70. The lowest BCUT2D eigenvalue weighted by Crippen LogP contribution is -2.36. The molecule has 1 aliphatic rings. The number of guanidine groups is 1. The van der Waals surface area contributed by atoms with Crippen LogP contribution in [0.15, 0.2) is 41.4 Å². The topological polar surface area (TPSA) is 53.6 Å². The lowest BCUT2D eigenvalue weighted by Gasteiger charge is -2.18. The van der Waals surface area contributed by atoms with Crippen LogP contribution in [-0.2, 0) is 6.54 Å². The number of halogens is 1. The average molecular weight is 386 g/mol. The number of hydrogen-bond acceptors (Lipinski definition) is 2. The zero-order chi connectivity index (χ0) is 13.7. The van der Waals surface area contributed by atoms with Gasteiger partial charge in [0.1, 0.15) is 0 Å². The van der Waals surface area contributed by atoms with Crippen LogP contribution >= 0.6 is 24.0 Å². The third-order valence-corrected chi connectivity index (χ3v) is 2.96.